The van der Waals surface area contributed by atoms with Crippen molar-refractivity contribution in [3.05, 3.63) is 65.5 Å². The van der Waals surface area contributed by atoms with Gasteiger partial charge >= 0.3 is 0 Å². The van der Waals surface area contributed by atoms with Crippen LogP contribution < -0.4 is 10.2 Å². The molecule has 5 heteroatoms. The highest BCUT2D eigenvalue weighted by Gasteiger charge is 2.10. The quantitative estimate of drug-likeness (QED) is 0.878. The number of carbonyl (C=O) groups is 1. The maximum atomic E-state index is 12.9. The van der Waals surface area contributed by atoms with Gasteiger partial charge in [0.15, 0.2) is 0 Å². The molecule has 1 fully saturated rings. The lowest BCUT2D eigenvalue weighted by atomic mass is 10.1. The molecule has 0 aliphatic carbocycles. The predicted molar refractivity (Wildman–Crippen MR) is 96.0 cm³/mol. The van der Waals surface area contributed by atoms with Gasteiger partial charge in [-0.2, -0.15) is 0 Å². The Balaban J connectivity index is 1.43. The summed E-state index contributed by atoms with van der Waals surface area (Å²) >= 11 is 0. The van der Waals surface area contributed by atoms with Crippen molar-refractivity contribution in [3.63, 3.8) is 0 Å². The molecule has 1 heterocycles. The van der Waals surface area contributed by atoms with Crippen molar-refractivity contribution in [2.45, 2.75) is 19.4 Å². The summed E-state index contributed by atoms with van der Waals surface area (Å²) in [6.45, 7) is 3.89. The number of morpholine rings is 1. The van der Waals surface area contributed by atoms with Crippen molar-refractivity contribution in [2.24, 2.45) is 0 Å². The number of rotatable bonds is 6. The van der Waals surface area contributed by atoms with E-state index in [1.54, 1.807) is 12.1 Å². The molecule has 25 heavy (non-hydrogen) atoms. The van der Waals surface area contributed by atoms with E-state index in [1.165, 1.54) is 17.8 Å². The minimum atomic E-state index is -0.256. The minimum absolute atomic E-state index is 0.00146. The molecule has 0 atom stereocenters. The van der Waals surface area contributed by atoms with Crippen LogP contribution >= 0.6 is 0 Å². The Morgan fingerprint density at radius 1 is 1.00 bits per heavy atom. The van der Waals surface area contributed by atoms with Gasteiger partial charge in [-0.15, -0.1) is 0 Å². The lowest BCUT2D eigenvalue weighted by Crippen LogP contribution is -2.36. The number of nitrogens with one attached hydrogen (secondary N) is 1. The van der Waals surface area contributed by atoms with Crippen LogP contribution in [0.25, 0.3) is 0 Å². The zero-order valence-corrected chi connectivity index (χ0v) is 14.2. The largest absolute Gasteiger partial charge is 0.378 e. The number of hydrogen-bond donors (Lipinski definition) is 1. The zero-order valence-electron chi connectivity index (χ0n) is 14.2. The molecule has 4 nitrogen and oxygen atoms in total. The van der Waals surface area contributed by atoms with Gasteiger partial charge in [-0.25, -0.2) is 4.39 Å². The number of anilines is 1. The molecule has 3 rings (SSSR count). The Morgan fingerprint density at radius 3 is 2.32 bits per heavy atom. The van der Waals surface area contributed by atoms with E-state index >= 15 is 0 Å². The summed E-state index contributed by atoms with van der Waals surface area (Å²) < 4.78 is 18.2. The number of carbonyl (C=O) groups excluding carboxylic acids is 1. The molecule has 1 aliphatic heterocycles. The summed E-state index contributed by atoms with van der Waals surface area (Å²) in [5, 5.41) is 2.93. The highest BCUT2D eigenvalue weighted by molar-refractivity contribution is 5.76. The summed E-state index contributed by atoms with van der Waals surface area (Å²) in [6.07, 6.45) is 1.01. The lowest BCUT2D eigenvalue weighted by molar-refractivity contribution is -0.121. The minimum Gasteiger partial charge on any atom is -0.378 e. The van der Waals surface area contributed by atoms with Crippen molar-refractivity contribution >= 4 is 11.6 Å². The number of benzene rings is 2. The average molecular weight is 342 g/mol. The van der Waals surface area contributed by atoms with Gasteiger partial charge in [-0.1, -0.05) is 24.3 Å². The lowest BCUT2D eigenvalue weighted by Gasteiger charge is -2.28. The Bertz CT molecular complexity index is 680. The standard InChI is InChI=1S/C20H23FN2O2/c21-18-6-1-16(2-7-18)5-10-20(24)22-15-17-3-8-19(9-4-17)23-11-13-25-14-12-23/h1-4,6-9H,5,10-15H2,(H,22,24). The van der Waals surface area contributed by atoms with Gasteiger partial charge in [0.1, 0.15) is 5.82 Å². The van der Waals surface area contributed by atoms with E-state index in [0.717, 1.165) is 37.4 Å². The van der Waals surface area contributed by atoms with E-state index in [1.807, 2.05) is 12.1 Å². The molecule has 132 valence electrons. The Hall–Kier alpha value is -2.40. The molecular weight excluding hydrogens is 319 g/mol. The zero-order chi connectivity index (χ0) is 17.5. The van der Waals surface area contributed by atoms with Gasteiger partial charge in [0.05, 0.1) is 13.2 Å². The number of halogens is 1. The van der Waals surface area contributed by atoms with Crippen molar-refractivity contribution in [2.75, 3.05) is 31.2 Å². The molecule has 2 aromatic carbocycles. The molecule has 0 spiro atoms. The molecule has 2 aromatic rings. The summed E-state index contributed by atoms with van der Waals surface area (Å²) in [4.78, 5) is 14.3. The second-order valence-corrected chi connectivity index (χ2v) is 6.17. The Morgan fingerprint density at radius 2 is 1.64 bits per heavy atom. The highest BCUT2D eigenvalue weighted by atomic mass is 19.1. The molecular formula is C20H23FN2O2. The average Bonchev–Trinajstić information content (AvgIpc) is 2.67. The number of hydrogen-bond acceptors (Lipinski definition) is 3. The third-order valence-corrected chi connectivity index (χ3v) is 4.36. The second kappa shape index (κ2) is 8.62. The highest BCUT2D eigenvalue weighted by Crippen LogP contribution is 2.16. The van der Waals surface area contributed by atoms with Crippen LogP contribution in [-0.4, -0.2) is 32.2 Å². The van der Waals surface area contributed by atoms with Crippen molar-refractivity contribution in [1.29, 1.82) is 0 Å². The van der Waals surface area contributed by atoms with Crippen molar-refractivity contribution in [1.82, 2.24) is 5.32 Å². The normalized spacial score (nSPS) is 14.4. The van der Waals surface area contributed by atoms with Crippen LogP contribution in [0.3, 0.4) is 0 Å². The molecule has 1 N–H and O–H groups in total. The summed E-state index contributed by atoms with van der Waals surface area (Å²) in [6, 6.07) is 14.5. The van der Waals surface area contributed by atoms with Gasteiger partial charge in [0.25, 0.3) is 0 Å². The molecule has 0 radical (unpaired) electrons. The van der Waals surface area contributed by atoms with E-state index in [0.29, 0.717) is 19.4 Å². The van der Waals surface area contributed by atoms with Crippen molar-refractivity contribution in [3.8, 4) is 0 Å². The summed E-state index contributed by atoms with van der Waals surface area (Å²) in [7, 11) is 0. The number of amides is 1. The van der Waals surface area contributed by atoms with Crippen LogP contribution in [0.1, 0.15) is 17.5 Å². The molecule has 0 saturated carbocycles. The third kappa shape index (κ3) is 5.29. The number of nitrogens with zero attached hydrogens (tertiary/aromatic N) is 1. The predicted octanol–water partition coefficient (Wildman–Crippen LogP) is 2.91. The third-order valence-electron chi connectivity index (χ3n) is 4.36. The first-order valence-corrected chi connectivity index (χ1v) is 8.63. The molecule has 1 amide bonds. The maximum absolute atomic E-state index is 12.9. The van der Waals surface area contributed by atoms with Crippen LogP contribution in [-0.2, 0) is 22.5 Å². The first-order chi connectivity index (χ1) is 12.2. The number of ether oxygens (including phenoxy) is 1. The molecule has 0 bridgehead atoms. The Kier molecular flexibility index (Phi) is 6.01. The van der Waals surface area contributed by atoms with Crippen LogP contribution in [0.4, 0.5) is 10.1 Å². The second-order valence-electron chi connectivity index (χ2n) is 6.17. The van der Waals surface area contributed by atoms with E-state index in [4.69, 9.17) is 4.74 Å². The summed E-state index contributed by atoms with van der Waals surface area (Å²) in [5.41, 5.74) is 3.23. The van der Waals surface area contributed by atoms with E-state index in [9.17, 15) is 9.18 Å². The molecule has 1 aliphatic rings. The smallest absolute Gasteiger partial charge is 0.220 e. The van der Waals surface area contributed by atoms with E-state index in [2.05, 4.69) is 22.3 Å². The summed E-state index contributed by atoms with van der Waals surface area (Å²) in [5.74, 6) is -0.254. The fourth-order valence-electron chi connectivity index (χ4n) is 2.84. The first-order valence-electron chi connectivity index (χ1n) is 8.63. The van der Waals surface area contributed by atoms with Gasteiger partial charge in [0.2, 0.25) is 5.91 Å². The van der Waals surface area contributed by atoms with Gasteiger partial charge in [-0.3, -0.25) is 4.79 Å². The monoisotopic (exact) mass is 342 g/mol. The number of aryl methyl sites for hydroxylation is 1. The van der Waals surface area contributed by atoms with Crippen LogP contribution in [0.15, 0.2) is 48.5 Å². The maximum Gasteiger partial charge on any atom is 0.220 e. The fourth-order valence-corrected chi connectivity index (χ4v) is 2.84. The van der Waals surface area contributed by atoms with Crippen LogP contribution in [0.2, 0.25) is 0 Å². The van der Waals surface area contributed by atoms with Gasteiger partial charge in [-0.05, 0) is 41.8 Å². The van der Waals surface area contributed by atoms with Gasteiger partial charge in [0, 0.05) is 31.7 Å². The Labute approximate surface area is 147 Å². The topological polar surface area (TPSA) is 41.6 Å². The van der Waals surface area contributed by atoms with E-state index < -0.39 is 0 Å². The van der Waals surface area contributed by atoms with Crippen LogP contribution in [0.5, 0.6) is 0 Å². The molecule has 1 saturated heterocycles. The van der Waals surface area contributed by atoms with Crippen molar-refractivity contribution < 1.29 is 13.9 Å². The first kappa shape index (κ1) is 17.4. The fraction of sp³-hybridized carbons (Fsp3) is 0.350. The SMILES string of the molecule is O=C(CCc1ccc(F)cc1)NCc1ccc(N2CCOCC2)cc1. The molecule has 0 unspecified atom stereocenters. The van der Waals surface area contributed by atoms with Crippen LogP contribution in [0, 0.1) is 5.82 Å². The van der Waals surface area contributed by atoms with Gasteiger partial charge < -0.3 is 15.0 Å². The van der Waals surface area contributed by atoms with E-state index in [-0.39, 0.29) is 11.7 Å². The molecule has 0 aromatic heterocycles.